The number of unbranched alkanes of at least 4 members (excludes halogenated alkanes) is 20. The molecule has 0 bridgehead atoms. The van der Waals surface area contributed by atoms with Crippen molar-refractivity contribution < 1.29 is 0 Å². The summed E-state index contributed by atoms with van der Waals surface area (Å²) in [6.07, 6.45) is 44.8. The summed E-state index contributed by atoms with van der Waals surface area (Å²) in [5, 5.41) is 14.2. The van der Waals surface area contributed by atoms with Crippen molar-refractivity contribution in [2.24, 2.45) is 11.5 Å². The molecule has 0 saturated carbocycles. The number of hydrogen-bond acceptors (Lipinski definition) is 4. The first kappa shape index (κ1) is 42.5. The maximum atomic E-state index is 7.10. The van der Waals surface area contributed by atoms with Crippen LogP contribution in [0.15, 0.2) is 0 Å². The average Bonchev–Trinajstić information content (AvgIpc) is 2.93. The van der Waals surface area contributed by atoms with Crippen LogP contribution in [0.2, 0.25) is 0 Å². The van der Waals surface area contributed by atoms with Gasteiger partial charge >= 0.3 is 200 Å². The van der Waals surface area contributed by atoms with Gasteiger partial charge < -0.3 is 11.5 Å². The summed E-state index contributed by atoms with van der Waals surface area (Å²) in [5.41, 5.74) is 8.31. The van der Waals surface area contributed by atoms with Gasteiger partial charge in [0.1, 0.15) is 0 Å². The fourth-order valence-corrected chi connectivity index (χ4v) is 11.4. The monoisotopic (exact) mass is 569 g/mol. The number of rotatable bonds is 28. The van der Waals surface area contributed by atoms with Crippen LogP contribution in [-0.2, 0) is 0 Å². The van der Waals surface area contributed by atoms with E-state index in [4.69, 9.17) is 10.5 Å². The van der Waals surface area contributed by atoms with Crippen molar-refractivity contribution in [1.82, 2.24) is 0 Å². The quantitative estimate of drug-likeness (QED) is 0.0424. The molecule has 0 heterocycles. The number of nitrogens with two attached hydrogens (primary N) is 2. The average molecular weight is 569 g/mol. The summed E-state index contributed by atoms with van der Waals surface area (Å²) in [5.74, 6) is 0. The largest absolute Gasteiger partial charge is 0.337 e. The van der Waals surface area contributed by atoms with Crippen LogP contribution in [0.5, 0.6) is 0 Å². The predicted molar refractivity (Wildman–Crippen MR) is 181 cm³/mol. The van der Waals surface area contributed by atoms with Gasteiger partial charge in [-0.05, 0) is 0 Å². The molecule has 0 amide bonds. The van der Waals surface area contributed by atoms with Crippen LogP contribution in [0.4, 0.5) is 0 Å². The van der Waals surface area contributed by atoms with Crippen molar-refractivity contribution in [3.05, 3.63) is 0 Å². The molecule has 4 N–H and O–H groups in total. The topological polar surface area (TPSA) is 99.6 Å². The minimum Gasteiger partial charge on any atom is -0.337 e. The summed E-state index contributed by atoms with van der Waals surface area (Å²) in [6, 6.07) is 0. The van der Waals surface area contributed by atoms with Crippen LogP contribution in [0, 0.1) is 22.9 Å². The smallest absolute Gasteiger partial charge is 0.173 e. The molecule has 0 saturated heterocycles. The Kier molecular flexibility index (Phi) is 42.6. The van der Waals surface area contributed by atoms with Gasteiger partial charge in [-0.15, -0.1) is 0 Å². The van der Waals surface area contributed by atoms with Crippen LogP contribution >= 0.6 is 7.26 Å². The van der Waals surface area contributed by atoms with E-state index in [-0.39, 0.29) is 0 Å². The van der Waals surface area contributed by atoms with E-state index in [9.17, 15) is 0 Å². The van der Waals surface area contributed by atoms with E-state index >= 15 is 0 Å². The molecule has 0 aliphatic rings. The van der Waals surface area contributed by atoms with E-state index in [1.807, 2.05) is 0 Å². The summed E-state index contributed by atoms with van der Waals surface area (Å²) in [6.45, 7) is 9.42. The van der Waals surface area contributed by atoms with E-state index in [1.165, 1.54) is 141 Å². The number of nitriles is 2. The summed E-state index contributed by atoms with van der Waals surface area (Å²) < 4.78 is 0. The van der Waals surface area contributed by atoms with Crippen molar-refractivity contribution >= 4 is 7.26 Å². The van der Waals surface area contributed by atoms with Crippen LogP contribution in [-0.4, -0.2) is 24.6 Å². The van der Waals surface area contributed by atoms with Crippen molar-refractivity contribution in [3.8, 4) is 12.4 Å². The first-order valence-electron chi connectivity index (χ1n) is 17.3. The van der Waals surface area contributed by atoms with Crippen molar-refractivity contribution in [1.29, 1.82) is 10.5 Å². The van der Waals surface area contributed by atoms with E-state index in [0.29, 0.717) is 0 Å². The fourth-order valence-electron chi connectivity index (χ4n) is 5.87. The first-order chi connectivity index (χ1) is 19.1. The van der Waals surface area contributed by atoms with Gasteiger partial charge in [-0.2, -0.15) is 10.5 Å². The van der Waals surface area contributed by atoms with E-state index in [0.717, 1.165) is 0 Å². The Balaban J connectivity index is -0.00000196. The second-order valence-corrected chi connectivity index (χ2v) is 16.8. The molecule has 0 aromatic carbocycles. The third kappa shape index (κ3) is 37.0. The molecule has 4 nitrogen and oxygen atoms in total. The summed E-state index contributed by atoms with van der Waals surface area (Å²) >= 11 is 0. The molecule has 0 spiro atoms. The molecule has 0 aromatic heterocycles. The predicted octanol–water partition coefficient (Wildman–Crippen LogP) is 11.0. The summed E-state index contributed by atoms with van der Waals surface area (Å²) in [4.78, 5) is 0. The van der Waals surface area contributed by atoms with Gasteiger partial charge in [0.05, 0.1) is 0 Å². The second-order valence-electron chi connectivity index (χ2n) is 11.8. The zero-order valence-corrected chi connectivity index (χ0v) is 28.3. The Morgan fingerprint density at radius 3 is 0.718 bits per heavy atom. The van der Waals surface area contributed by atoms with Crippen LogP contribution < -0.4 is 11.5 Å². The maximum absolute atomic E-state index is 7.10. The van der Waals surface area contributed by atoms with Crippen molar-refractivity contribution in [3.63, 3.8) is 0 Å². The van der Waals surface area contributed by atoms with Gasteiger partial charge in [-0.3, -0.25) is 0 Å². The minimum atomic E-state index is -1.04. The van der Waals surface area contributed by atoms with Crippen LogP contribution in [0.1, 0.15) is 182 Å². The minimum absolute atomic E-state index is 1.04. The molecule has 234 valence electrons. The Morgan fingerprint density at radius 2 is 0.513 bits per heavy atom. The third-order valence-electron chi connectivity index (χ3n) is 8.24. The molecule has 0 aliphatic carbocycles. The molecule has 0 fully saturated rings. The van der Waals surface area contributed by atoms with Crippen molar-refractivity contribution in [2.45, 2.75) is 182 Å². The molecule has 0 unspecified atom stereocenters. The SMILES string of the molecule is CCCCCCCCCCCCCC[PH](CCCCCC)(CCCCCC)CCCCCC.N#CN.N#CN. The molecule has 0 atom stereocenters. The first-order valence-corrected chi connectivity index (χ1v) is 20.1. The molecular weight excluding hydrogens is 495 g/mol. The molecule has 5 heteroatoms. The Morgan fingerprint density at radius 1 is 0.359 bits per heavy atom. The zero-order chi connectivity index (χ0) is 29.7. The van der Waals surface area contributed by atoms with Gasteiger partial charge in [0.25, 0.3) is 0 Å². The standard InChI is InChI=1S/C32H69P.2CH2N2/c1-5-9-13-17-18-19-20-21-22-23-24-28-32-33(29-25-14-10-6-2,30-26-15-11-7-3)31-27-16-12-8-4;2*2-1-3/h33H,5-32H2,1-4H3;2*2H2. The van der Waals surface area contributed by atoms with Gasteiger partial charge in [-0.25, -0.2) is 0 Å². The fraction of sp³-hybridized carbons (Fsp3) is 0.941. The molecule has 0 aliphatic heterocycles. The Bertz CT molecular complexity index is 469. The van der Waals surface area contributed by atoms with E-state index < -0.39 is 7.26 Å². The summed E-state index contributed by atoms with van der Waals surface area (Å²) in [7, 11) is -1.04. The van der Waals surface area contributed by atoms with E-state index in [1.54, 1.807) is 50.3 Å². The normalized spacial score (nSPS) is 10.9. The van der Waals surface area contributed by atoms with Gasteiger partial charge in [0, 0.05) is 0 Å². The Labute approximate surface area is 247 Å². The van der Waals surface area contributed by atoms with Crippen LogP contribution in [0.25, 0.3) is 0 Å². The zero-order valence-electron chi connectivity index (χ0n) is 27.3. The molecular formula is C34H73N4P. The van der Waals surface area contributed by atoms with Gasteiger partial charge in [0.2, 0.25) is 0 Å². The Hall–Kier alpha value is -0.990. The molecule has 0 radical (unpaired) electrons. The van der Waals surface area contributed by atoms with Gasteiger partial charge in [-0.1, -0.05) is 13.3 Å². The third-order valence-corrected chi connectivity index (χ3v) is 13.9. The van der Waals surface area contributed by atoms with E-state index in [2.05, 4.69) is 39.2 Å². The molecule has 0 rings (SSSR count). The maximum Gasteiger partial charge on any atom is 0.173 e. The van der Waals surface area contributed by atoms with Crippen molar-refractivity contribution in [2.75, 3.05) is 24.6 Å². The number of hydrogen-bond donors (Lipinski definition) is 2. The van der Waals surface area contributed by atoms with Gasteiger partial charge in [0.15, 0.2) is 12.4 Å². The number of nitrogens with zero attached hydrogens (tertiary/aromatic N) is 2. The second kappa shape index (κ2) is 39.2. The van der Waals surface area contributed by atoms with Crippen LogP contribution in [0.3, 0.4) is 0 Å². The molecule has 39 heavy (non-hydrogen) atoms. The molecule has 0 aromatic rings.